The molecule has 0 saturated heterocycles. The van der Waals surface area contributed by atoms with E-state index in [0.29, 0.717) is 57.6 Å². The summed E-state index contributed by atoms with van der Waals surface area (Å²) in [6.45, 7) is 1.94. The van der Waals surface area contributed by atoms with Gasteiger partial charge in [-0.2, -0.15) is 0 Å². The van der Waals surface area contributed by atoms with Crippen LogP contribution in [0.25, 0.3) is 28.6 Å². The zero-order chi connectivity index (χ0) is 38.0. The monoisotopic (exact) mass is 742 g/mol. The van der Waals surface area contributed by atoms with Crippen LogP contribution in [-0.4, -0.2) is 49.3 Å². The molecule has 0 saturated carbocycles. The van der Waals surface area contributed by atoms with Gasteiger partial charge in [0.05, 0.1) is 26.6 Å². The Hall–Kier alpha value is -6.53. The van der Waals surface area contributed by atoms with Crippen LogP contribution in [0.2, 0.25) is 0 Å². The Bertz CT molecular complexity index is 2270. The van der Waals surface area contributed by atoms with E-state index in [1.165, 1.54) is 39.2 Å². The van der Waals surface area contributed by atoms with E-state index in [-0.39, 0.29) is 11.6 Å². The minimum absolute atomic E-state index is 0.0413. The summed E-state index contributed by atoms with van der Waals surface area (Å²) in [6, 6.07) is 33.9. The summed E-state index contributed by atoms with van der Waals surface area (Å²) in [5.41, 5.74) is 4.19. The number of thioether (sulfide) groups is 1. The van der Waals surface area contributed by atoms with E-state index < -0.39 is 17.1 Å². The fourth-order valence-electron chi connectivity index (χ4n) is 5.51. The Labute approximate surface area is 316 Å². The molecule has 54 heavy (non-hydrogen) atoms. The first-order valence-electron chi connectivity index (χ1n) is 17.0. The molecule has 0 aliphatic carbocycles. The normalized spacial score (nSPS) is 11.7. The van der Waals surface area contributed by atoms with Gasteiger partial charge in [-0.05, 0) is 85.3 Å². The second-order valence-corrected chi connectivity index (χ2v) is 13.2. The van der Waals surface area contributed by atoms with Crippen molar-refractivity contribution in [1.82, 2.24) is 10.3 Å². The number of benzene rings is 5. The fourth-order valence-corrected chi connectivity index (χ4v) is 6.52. The summed E-state index contributed by atoms with van der Waals surface area (Å²) in [5.74, 6) is 0.536. The number of anilines is 2. The first-order chi connectivity index (χ1) is 26.3. The number of methoxy groups -OCH3 is 3. The number of nitrogens with one attached hydrogen (secondary N) is 3. The molecule has 1 atom stereocenters. The summed E-state index contributed by atoms with van der Waals surface area (Å²) >= 11 is 1.38. The van der Waals surface area contributed by atoms with E-state index in [4.69, 9.17) is 18.6 Å². The van der Waals surface area contributed by atoms with Crippen molar-refractivity contribution in [1.29, 1.82) is 0 Å². The maximum absolute atomic E-state index is 13.9. The average Bonchev–Trinajstić information content (AvgIpc) is 3.64. The zero-order valence-electron chi connectivity index (χ0n) is 30.0. The summed E-state index contributed by atoms with van der Waals surface area (Å²) < 4.78 is 22.3. The number of amides is 3. The Morgan fingerprint density at radius 3 is 2.17 bits per heavy atom. The lowest BCUT2D eigenvalue weighted by Gasteiger charge is -2.16. The van der Waals surface area contributed by atoms with Gasteiger partial charge in [-0.1, -0.05) is 43.3 Å². The van der Waals surface area contributed by atoms with E-state index in [1.54, 1.807) is 60.7 Å². The van der Waals surface area contributed by atoms with Crippen LogP contribution in [0.1, 0.15) is 29.3 Å². The number of nitrogens with zero attached hydrogens (tertiary/aromatic N) is 1. The molecular formula is C42H38N4O7S. The summed E-state index contributed by atoms with van der Waals surface area (Å²) in [4.78, 5) is 45.8. The van der Waals surface area contributed by atoms with Gasteiger partial charge in [-0.15, -0.1) is 11.8 Å². The molecule has 0 fully saturated rings. The van der Waals surface area contributed by atoms with E-state index in [2.05, 4.69) is 20.9 Å². The van der Waals surface area contributed by atoms with Gasteiger partial charge in [0.2, 0.25) is 11.8 Å². The molecule has 3 N–H and O–H groups in total. The lowest BCUT2D eigenvalue weighted by Crippen LogP contribution is -2.30. The van der Waals surface area contributed by atoms with Gasteiger partial charge >= 0.3 is 0 Å². The highest BCUT2D eigenvalue weighted by Crippen LogP contribution is 2.36. The number of hydrogen-bond donors (Lipinski definition) is 3. The van der Waals surface area contributed by atoms with Crippen molar-refractivity contribution in [3.63, 3.8) is 0 Å². The number of fused-ring (bicyclic) bond motifs is 1. The van der Waals surface area contributed by atoms with Crippen molar-refractivity contribution in [3.05, 3.63) is 132 Å². The molecule has 11 nitrogen and oxygen atoms in total. The molecule has 12 heteroatoms. The SMILES string of the molecule is CCC(Sc1cccc(NC(=O)/C(=C\c2cc(OC)c(OC)cc2OC)NC(=O)c2ccccc2)c1)C(=O)Nc1ccc(-c2nc3ccccc3o2)cc1. The molecule has 5 aromatic carbocycles. The van der Waals surface area contributed by atoms with Crippen molar-refractivity contribution in [2.45, 2.75) is 23.5 Å². The first-order valence-corrected chi connectivity index (χ1v) is 17.9. The predicted molar refractivity (Wildman–Crippen MR) is 211 cm³/mol. The van der Waals surface area contributed by atoms with E-state index in [9.17, 15) is 14.4 Å². The van der Waals surface area contributed by atoms with E-state index >= 15 is 0 Å². The number of rotatable bonds is 14. The van der Waals surface area contributed by atoms with Gasteiger partial charge in [0.25, 0.3) is 11.8 Å². The average molecular weight is 743 g/mol. The minimum Gasteiger partial charge on any atom is -0.496 e. The third-order valence-corrected chi connectivity index (χ3v) is 9.65. The van der Waals surface area contributed by atoms with Crippen molar-refractivity contribution in [2.75, 3.05) is 32.0 Å². The van der Waals surface area contributed by atoms with Crippen molar-refractivity contribution in [3.8, 4) is 28.7 Å². The Morgan fingerprint density at radius 2 is 1.46 bits per heavy atom. The number of carbonyl (C=O) groups excluding carboxylic acids is 3. The highest BCUT2D eigenvalue weighted by Gasteiger charge is 2.21. The van der Waals surface area contributed by atoms with Crippen LogP contribution < -0.4 is 30.2 Å². The highest BCUT2D eigenvalue weighted by atomic mass is 32.2. The lowest BCUT2D eigenvalue weighted by atomic mass is 10.1. The molecule has 0 aliphatic rings. The third-order valence-electron chi connectivity index (χ3n) is 8.29. The van der Waals surface area contributed by atoms with Crippen LogP contribution in [0.15, 0.2) is 130 Å². The Balaban J connectivity index is 1.17. The van der Waals surface area contributed by atoms with Crippen LogP contribution in [0, 0.1) is 0 Å². The van der Waals surface area contributed by atoms with Crippen molar-refractivity contribution < 1.29 is 33.0 Å². The molecule has 0 spiro atoms. The number of aromatic nitrogens is 1. The molecule has 1 heterocycles. The maximum Gasteiger partial charge on any atom is 0.272 e. The van der Waals surface area contributed by atoms with Crippen LogP contribution in [0.4, 0.5) is 11.4 Å². The zero-order valence-corrected chi connectivity index (χ0v) is 30.9. The number of oxazole rings is 1. The van der Waals surface area contributed by atoms with Crippen LogP contribution in [0.3, 0.4) is 0 Å². The van der Waals surface area contributed by atoms with E-state index in [0.717, 1.165) is 16.0 Å². The number of para-hydroxylation sites is 2. The summed E-state index contributed by atoms with van der Waals surface area (Å²) in [5, 5.41) is 8.22. The lowest BCUT2D eigenvalue weighted by molar-refractivity contribution is -0.116. The van der Waals surface area contributed by atoms with Gasteiger partial charge in [0.15, 0.2) is 17.1 Å². The molecule has 0 radical (unpaired) electrons. The molecule has 6 aromatic rings. The second kappa shape index (κ2) is 17.3. The predicted octanol–water partition coefficient (Wildman–Crippen LogP) is 8.44. The van der Waals surface area contributed by atoms with Crippen LogP contribution >= 0.6 is 11.8 Å². The van der Waals surface area contributed by atoms with Crippen LogP contribution in [-0.2, 0) is 9.59 Å². The molecule has 6 rings (SSSR count). The highest BCUT2D eigenvalue weighted by molar-refractivity contribution is 8.00. The Kier molecular flexibility index (Phi) is 11.9. The third kappa shape index (κ3) is 8.91. The molecular weight excluding hydrogens is 705 g/mol. The van der Waals surface area contributed by atoms with E-state index in [1.807, 2.05) is 61.5 Å². The minimum atomic E-state index is -0.579. The maximum atomic E-state index is 13.9. The van der Waals surface area contributed by atoms with Gasteiger partial charge in [0, 0.05) is 39.0 Å². The van der Waals surface area contributed by atoms with Gasteiger partial charge in [-0.25, -0.2) is 4.98 Å². The topological polar surface area (TPSA) is 141 Å². The largest absolute Gasteiger partial charge is 0.496 e. The molecule has 1 aromatic heterocycles. The van der Waals surface area contributed by atoms with Crippen LogP contribution in [0.5, 0.6) is 17.2 Å². The molecule has 1 unspecified atom stereocenters. The number of ether oxygens (including phenoxy) is 3. The molecule has 3 amide bonds. The van der Waals surface area contributed by atoms with Gasteiger partial charge in [0.1, 0.15) is 17.0 Å². The number of hydrogen-bond acceptors (Lipinski definition) is 9. The van der Waals surface area contributed by atoms with Gasteiger partial charge < -0.3 is 34.6 Å². The Morgan fingerprint density at radius 1 is 0.759 bits per heavy atom. The molecule has 0 bridgehead atoms. The van der Waals surface area contributed by atoms with Crippen molar-refractivity contribution in [2.24, 2.45) is 0 Å². The molecule has 274 valence electrons. The smallest absolute Gasteiger partial charge is 0.272 e. The van der Waals surface area contributed by atoms with Crippen molar-refractivity contribution >= 4 is 58.0 Å². The second-order valence-electron chi connectivity index (χ2n) is 11.9. The first kappa shape index (κ1) is 37.2. The standard InChI is InChI=1S/C42H38N4O7S/c1-5-38(41(49)43-29-20-18-27(19-21-29)42-46-32-16-9-10-17-34(32)53-42)54-31-15-11-14-30(24-31)44-40(48)33(45-39(47)26-12-7-6-8-13-26)22-28-23-36(51-3)37(52-4)25-35(28)50-2/h6-25,38H,5H2,1-4H3,(H,43,49)(H,44,48)(H,45,47)/b33-22+. The quantitative estimate of drug-likeness (QED) is 0.0741. The summed E-state index contributed by atoms with van der Waals surface area (Å²) in [7, 11) is 4.50. The summed E-state index contributed by atoms with van der Waals surface area (Å²) in [6.07, 6.45) is 2.06. The van der Waals surface area contributed by atoms with Gasteiger partial charge in [-0.3, -0.25) is 14.4 Å². The molecule has 0 aliphatic heterocycles. The fraction of sp³-hybridized carbons (Fsp3) is 0.143. The number of carbonyl (C=O) groups is 3.